The highest BCUT2D eigenvalue weighted by Gasteiger charge is 2.31. The summed E-state index contributed by atoms with van der Waals surface area (Å²) in [7, 11) is 3.52. The summed E-state index contributed by atoms with van der Waals surface area (Å²) in [6.07, 6.45) is 5.72. The highest BCUT2D eigenvalue weighted by atomic mass is 32.2. The van der Waals surface area contributed by atoms with Gasteiger partial charge in [0.25, 0.3) is 0 Å². The number of nitrogens with zero attached hydrogens (tertiary/aromatic N) is 6. The lowest BCUT2D eigenvalue weighted by molar-refractivity contribution is -0.120. The fraction of sp³-hybridized carbons (Fsp3) is 0.421. The number of amides is 1. The van der Waals surface area contributed by atoms with Gasteiger partial charge in [0, 0.05) is 25.0 Å². The lowest BCUT2D eigenvalue weighted by Gasteiger charge is -2.22. The summed E-state index contributed by atoms with van der Waals surface area (Å²) in [5, 5.41) is 15.3. The lowest BCUT2D eigenvalue weighted by Crippen LogP contribution is -2.36. The predicted molar refractivity (Wildman–Crippen MR) is 108 cm³/mol. The van der Waals surface area contributed by atoms with Crippen LogP contribution in [0.1, 0.15) is 43.2 Å². The third kappa shape index (κ3) is 4.12. The molecule has 3 aromatic rings. The van der Waals surface area contributed by atoms with Crippen molar-refractivity contribution in [2.75, 3.05) is 7.11 Å². The van der Waals surface area contributed by atoms with E-state index in [1.165, 1.54) is 11.8 Å². The zero-order valence-electron chi connectivity index (χ0n) is 16.5. The molecule has 29 heavy (non-hydrogen) atoms. The number of nitrogens with one attached hydrogen (secondary N) is 1. The van der Waals surface area contributed by atoms with Gasteiger partial charge < -0.3 is 14.6 Å². The molecule has 2 unspecified atom stereocenters. The van der Waals surface area contributed by atoms with Crippen molar-refractivity contribution in [2.45, 2.75) is 42.3 Å². The number of rotatable bonds is 8. The fourth-order valence-electron chi connectivity index (χ4n) is 3.12. The number of hydrogen-bond acceptors (Lipinski definition) is 7. The maximum atomic E-state index is 13.1. The number of hydrogen-bond donors (Lipinski definition) is 1. The number of benzene rings is 1. The summed E-state index contributed by atoms with van der Waals surface area (Å²) in [4.78, 5) is 17.5. The van der Waals surface area contributed by atoms with Crippen LogP contribution < -0.4 is 10.1 Å². The van der Waals surface area contributed by atoms with Gasteiger partial charge in [-0.2, -0.15) is 0 Å². The first-order valence-electron chi connectivity index (χ1n) is 9.43. The Morgan fingerprint density at radius 3 is 2.83 bits per heavy atom. The van der Waals surface area contributed by atoms with E-state index in [9.17, 15) is 4.79 Å². The highest BCUT2D eigenvalue weighted by molar-refractivity contribution is 8.00. The van der Waals surface area contributed by atoms with Gasteiger partial charge >= 0.3 is 0 Å². The topological polar surface area (TPSA) is 99.8 Å². The second-order valence-corrected chi connectivity index (χ2v) is 8.29. The molecule has 0 saturated heterocycles. The molecular weight excluding hydrogens is 390 g/mol. The molecule has 10 heteroatoms. The van der Waals surface area contributed by atoms with Crippen molar-refractivity contribution in [2.24, 2.45) is 7.05 Å². The molecule has 2 aromatic heterocycles. The number of ether oxygens (including phenoxy) is 1. The van der Waals surface area contributed by atoms with Gasteiger partial charge in [-0.25, -0.2) is 9.67 Å². The maximum absolute atomic E-state index is 13.1. The average molecular weight is 414 g/mol. The standard InChI is InChI=1S/C19H23N7O2S/c1-12(29-19-22-23-24-26(19)13-8-9-13)18(27)21-16(17-20-10-11-25(17)2)14-6-4-5-7-15(14)28-3/h4-7,10-13,16H,8-9H2,1-3H3,(H,21,27). The molecule has 1 saturated carbocycles. The van der Waals surface area contributed by atoms with Crippen molar-refractivity contribution in [3.63, 3.8) is 0 Å². The van der Waals surface area contributed by atoms with Gasteiger partial charge in [-0.3, -0.25) is 4.79 Å². The van der Waals surface area contributed by atoms with Crippen molar-refractivity contribution >= 4 is 17.7 Å². The molecule has 2 atom stereocenters. The van der Waals surface area contributed by atoms with Crippen LogP contribution in [0, 0.1) is 0 Å². The Hall–Kier alpha value is -2.88. The van der Waals surface area contributed by atoms with Crippen LogP contribution in [0.2, 0.25) is 0 Å². The van der Waals surface area contributed by atoms with E-state index >= 15 is 0 Å². The van der Waals surface area contributed by atoms with Gasteiger partial charge in [0.05, 0.1) is 18.4 Å². The summed E-state index contributed by atoms with van der Waals surface area (Å²) in [5.74, 6) is 1.29. The van der Waals surface area contributed by atoms with E-state index in [0.29, 0.717) is 16.9 Å². The summed E-state index contributed by atoms with van der Waals surface area (Å²) in [6, 6.07) is 7.54. The van der Waals surface area contributed by atoms with E-state index in [1.54, 1.807) is 13.3 Å². The molecule has 0 radical (unpaired) electrons. The molecule has 1 aromatic carbocycles. The zero-order chi connectivity index (χ0) is 20.4. The Morgan fingerprint density at radius 2 is 2.14 bits per heavy atom. The van der Waals surface area contributed by atoms with E-state index < -0.39 is 6.04 Å². The number of aromatic nitrogens is 6. The summed E-state index contributed by atoms with van der Waals surface area (Å²) < 4.78 is 9.22. The molecule has 152 valence electrons. The van der Waals surface area contributed by atoms with Gasteiger partial charge in [0.2, 0.25) is 11.1 Å². The SMILES string of the molecule is COc1ccccc1C(NC(=O)C(C)Sc1nnnn1C1CC1)c1nccn1C. The number of imidazole rings is 1. The quantitative estimate of drug-likeness (QED) is 0.565. The molecule has 1 aliphatic rings. The number of carbonyl (C=O) groups excluding carboxylic acids is 1. The predicted octanol–water partition coefficient (Wildman–Crippen LogP) is 2.14. The Labute approximate surface area is 172 Å². The average Bonchev–Trinajstić information content (AvgIpc) is 3.33. The largest absolute Gasteiger partial charge is 0.496 e. The molecular formula is C19H23N7O2S. The van der Waals surface area contributed by atoms with Gasteiger partial charge in [-0.15, -0.1) is 5.10 Å². The maximum Gasteiger partial charge on any atom is 0.234 e. The molecule has 0 bridgehead atoms. The van der Waals surface area contributed by atoms with Crippen LogP contribution in [-0.2, 0) is 11.8 Å². The monoisotopic (exact) mass is 413 g/mol. The van der Waals surface area contributed by atoms with Crippen LogP contribution in [-0.4, -0.2) is 48.0 Å². The first kappa shape index (κ1) is 19.4. The van der Waals surface area contributed by atoms with Gasteiger partial charge in [0.1, 0.15) is 17.6 Å². The molecule has 2 heterocycles. The minimum absolute atomic E-state index is 0.126. The number of methoxy groups -OCH3 is 1. The van der Waals surface area contributed by atoms with E-state index in [0.717, 1.165) is 24.2 Å². The number of para-hydroxylation sites is 1. The van der Waals surface area contributed by atoms with Crippen molar-refractivity contribution in [1.82, 2.24) is 35.1 Å². The Bertz CT molecular complexity index is 998. The Morgan fingerprint density at radius 1 is 1.34 bits per heavy atom. The molecule has 9 nitrogen and oxygen atoms in total. The van der Waals surface area contributed by atoms with Crippen LogP contribution in [0.15, 0.2) is 41.8 Å². The van der Waals surface area contributed by atoms with Crippen LogP contribution in [0.5, 0.6) is 5.75 Å². The smallest absolute Gasteiger partial charge is 0.234 e. The lowest BCUT2D eigenvalue weighted by atomic mass is 10.0. The molecule has 1 amide bonds. The summed E-state index contributed by atoms with van der Waals surface area (Å²) in [6.45, 7) is 1.85. The Kier molecular flexibility index (Phi) is 5.52. The van der Waals surface area contributed by atoms with Gasteiger partial charge in [-0.05, 0) is 36.3 Å². The Balaban J connectivity index is 1.56. The number of aryl methyl sites for hydroxylation is 1. The molecule has 0 spiro atoms. The molecule has 1 N–H and O–H groups in total. The van der Waals surface area contributed by atoms with Crippen molar-refractivity contribution in [3.05, 3.63) is 48.0 Å². The third-order valence-electron chi connectivity index (χ3n) is 4.86. The fourth-order valence-corrected chi connectivity index (χ4v) is 3.99. The normalized spacial score (nSPS) is 15.7. The van der Waals surface area contributed by atoms with Crippen molar-refractivity contribution in [1.29, 1.82) is 0 Å². The van der Waals surface area contributed by atoms with Crippen LogP contribution >= 0.6 is 11.8 Å². The highest BCUT2D eigenvalue weighted by Crippen LogP contribution is 2.37. The third-order valence-corrected chi connectivity index (χ3v) is 5.91. The second-order valence-electron chi connectivity index (χ2n) is 6.98. The second kappa shape index (κ2) is 8.24. The molecule has 0 aliphatic heterocycles. The van der Waals surface area contributed by atoms with E-state index in [2.05, 4.69) is 25.8 Å². The minimum atomic E-state index is -0.443. The summed E-state index contributed by atoms with van der Waals surface area (Å²) in [5.41, 5.74) is 0.845. The van der Waals surface area contributed by atoms with Crippen molar-refractivity contribution < 1.29 is 9.53 Å². The van der Waals surface area contributed by atoms with Crippen molar-refractivity contribution in [3.8, 4) is 5.75 Å². The van der Waals surface area contributed by atoms with Crippen LogP contribution in [0.25, 0.3) is 0 Å². The first-order chi connectivity index (χ1) is 14.1. The number of thioether (sulfide) groups is 1. The van der Waals surface area contributed by atoms with E-state index in [1.807, 2.05) is 53.7 Å². The van der Waals surface area contributed by atoms with E-state index in [-0.39, 0.29) is 11.2 Å². The van der Waals surface area contributed by atoms with Crippen LogP contribution in [0.3, 0.4) is 0 Å². The van der Waals surface area contributed by atoms with Crippen LogP contribution in [0.4, 0.5) is 0 Å². The first-order valence-corrected chi connectivity index (χ1v) is 10.3. The number of tetrazole rings is 1. The summed E-state index contributed by atoms with van der Waals surface area (Å²) >= 11 is 1.36. The van der Waals surface area contributed by atoms with E-state index in [4.69, 9.17) is 4.74 Å². The zero-order valence-corrected chi connectivity index (χ0v) is 17.3. The number of carbonyl (C=O) groups is 1. The molecule has 4 rings (SSSR count). The molecule has 1 aliphatic carbocycles. The van der Waals surface area contributed by atoms with Gasteiger partial charge in [0.15, 0.2) is 0 Å². The minimum Gasteiger partial charge on any atom is -0.496 e. The molecule has 1 fully saturated rings. The van der Waals surface area contributed by atoms with Gasteiger partial charge in [-0.1, -0.05) is 30.0 Å².